The Kier molecular flexibility index (Phi) is 5.91. The van der Waals surface area contributed by atoms with E-state index in [0.717, 1.165) is 28.0 Å². The first-order valence-electron chi connectivity index (χ1n) is 8.43. The Morgan fingerprint density at radius 3 is 2.57 bits per heavy atom. The molecule has 1 amide bonds. The Bertz CT molecular complexity index is 1120. The predicted molar refractivity (Wildman–Crippen MR) is 113 cm³/mol. The van der Waals surface area contributed by atoms with E-state index < -0.39 is 15.9 Å². The third kappa shape index (κ3) is 4.65. The Morgan fingerprint density at radius 1 is 1.07 bits per heavy atom. The molecule has 0 saturated carbocycles. The summed E-state index contributed by atoms with van der Waals surface area (Å²) in [5, 5.41) is 5.67. The number of amides is 1. The lowest BCUT2D eigenvalue weighted by molar-refractivity contribution is 0.0956. The summed E-state index contributed by atoms with van der Waals surface area (Å²) in [5.41, 5.74) is 5.89. The number of benzene rings is 2. The van der Waals surface area contributed by atoms with E-state index in [2.05, 4.69) is 15.2 Å². The molecular formula is C20H19N3O3S2. The fourth-order valence-electron chi connectivity index (χ4n) is 2.57. The van der Waals surface area contributed by atoms with Crippen LogP contribution in [0.2, 0.25) is 0 Å². The molecule has 1 aromatic heterocycles. The minimum atomic E-state index is -3.75. The second kappa shape index (κ2) is 8.37. The maximum atomic E-state index is 12.5. The number of carbonyl (C=O) groups is 1. The molecule has 0 unspecified atom stereocenters. The molecule has 3 rings (SSSR count). The summed E-state index contributed by atoms with van der Waals surface area (Å²) >= 11 is 1.10. The number of anilines is 1. The lowest BCUT2D eigenvalue weighted by Gasteiger charge is -2.10. The molecule has 3 aromatic rings. The van der Waals surface area contributed by atoms with Gasteiger partial charge in [-0.05, 0) is 48.6 Å². The summed E-state index contributed by atoms with van der Waals surface area (Å²) in [7, 11) is -3.75. The van der Waals surface area contributed by atoms with Crippen LogP contribution in [0, 0.1) is 13.8 Å². The number of sulfonamides is 1. The number of hydrogen-bond donors (Lipinski definition) is 2. The summed E-state index contributed by atoms with van der Waals surface area (Å²) in [4.78, 5) is 12.5. The van der Waals surface area contributed by atoms with Gasteiger partial charge in [-0.25, -0.2) is 13.8 Å². The SMILES string of the molecule is Cc1ccc(C=NNC(=O)c2ccccc2NS(=O)(=O)c2cccs2)c(C)c1. The first-order valence-corrected chi connectivity index (χ1v) is 10.8. The van der Waals surface area contributed by atoms with Gasteiger partial charge < -0.3 is 0 Å². The number of rotatable bonds is 6. The van der Waals surface area contributed by atoms with E-state index >= 15 is 0 Å². The normalized spacial score (nSPS) is 11.5. The van der Waals surface area contributed by atoms with Crippen molar-refractivity contribution in [1.29, 1.82) is 0 Å². The van der Waals surface area contributed by atoms with Crippen LogP contribution in [-0.4, -0.2) is 20.5 Å². The summed E-state index contributed by atoms with van der Waals surface area (Å²) in [6.45, 7) is 3.97. The number of carbonyl (C=O) groups excluding carboxylic acids is 1. The Morgan fingerprint density at radius 2 is 1.86 bits per heavy atom. The van der Waals surface area contributed by atoms with Gasteiger partial charge >= 0.3 is 0 Å². The largest absolute Gasteiger partial charge is 0.278 e. The summed E-state index contributed by atoms with van der Waals surface area (Å²) in [6, 6.07) is 15.4. The van der Waals surface area contributed by atoms with Crippen molar-refractivity contribution in [3.63, 3.8) is 0 Å². The van der Waals surface area contributed by atoms with Crippen LogP contribution >= 0.6 is 11.3 Å². The molecule has 28 heavy (non-hydrogen) atoms. The first kappa shape index (κ1) is 19.8. The van der Waals surface area contributed by atoms with Gasteiger partial charge in [-0.2, -0.15) is 5.10 Å². The number of aryl methyl sites for hydroxylation is 2. The van der Waals surface area contributed by atoms with Crippen molar-refractivity contribution < 1.29 is 13.2 Å². The minimum Gasteiger partial charge on any atom is -0.278 e. The molecule has 2 N–H and O–H groups in total. The van der Waals surface area contributed by atoms with Crippen molar-refractivity contribution in [2.45, 2.75) is 18.1 Å². The van der Waals surface area contributed by atoms with Crippen LogP contribution < -0.4 is 10.1 Å². The van der Waals surface area contributed by atoms with Crippen LogP contribution in [0.4, 0.5) is 5.69 Å². The molecule has 1 heterocycles. The maximum absolute atomic E-state index is 12.5. The third-order valence-electron chi connectivity index (χ3n) is 3.97. The van der Waals surface area contributed by atoms with E-state index in [1.165, 1.54) is 18.2 Å². The van der Waals surface area contributed by atoms with E-state index in [0.29, 0.717) is 0 Å². The Balaban J connectivity index is 1.77. The molecule has 0 radical (unpaired) electrons. The molecule has 0 fully saturated rings. The van der Waals surface area contributed by atoms with Gasteiger partial charge in [0.25, 0.3) is 15.9 Å². The maximum Gasteiger partial charge on any atom is 0.273 e. The molecule has 0 aliphatic rings. The van der Waals surface area contributed by atoms with Crippen molar-refractivity contribution in [1.82, 2.24) is 5.43 Å². The smallest absolute Gasteiger partial charge is 0.273 e. The van der Waals surface area contributed by atoms with Gasteiger partial charge in [0.2, 0.25) is 0 Å². The Hall–Kier alpha value is -2.97. The number of thiophene rings is 1. The minimum absolute atomic E-state index is 0.176. The van der Waals surface area contributed by atoms with Crippen LogP contribution in [0.1, 0.15) is 27.0 Å². The number of nitrogens with one attached hydrogen (secondary N) is 2. The zero-order valence-corrected chi connectivity index (χ0v) is 17.0. The molecule has 0 aliphatic carbocycles. The second-order valence-electron chi connectivity index (χ2n) is 6.14. The highest BCUT2D eigenvalue weighted by Crippen LogP contribution is 2.22. The van der Waals surface area contributed by atoms with Crippen molar-refractivity contribution in [3.05, 3.63) is 82.2 Å². The number of para-hydroxylation sites is 1. The first-order chi connectivity index (χ1) is 13.4. The third-order valence-corrected chi connectivity index (χ3v) is 6.73. The number of hydrogen-bond acceptors (Lipinski definition) is 5. The van der Waals surface area contributed by atoms with Crippen LogP contribution in [0.5, 0.6) is 0 Å². The summed E-state index contributed by atoms with van der Waals surface area (Å²) in [5.74, 6) is -0.509. The predicted octanol–water partition coefficient (Wildman–Crippen LogP) is 3.93. The monoisotopic (exact) mass is 413 g/mol. The Labute approximate surface area is 168 Å². The van der Waals surface area contributed by atoms with Gasteiger partial charge in [0.1, 0.15) is 4.21 Å². The zero-order chi connectivity index (χ0) is 20.1. The van der Waals surface area contributed by atoms with Gasteiger partial charge in [0.15, 0.2) is 0 Å². The fourth-order valence-corrected chi connectivity index (χ4v) is 4.65. The molecule has 0 bridgehead atoms. The molecule has 144 valence electrons. The molecule has 6 nitrogen and oxygen atoms in total. The standard InChI is InChI=1S/C20H19N3O3S2/c1-14-9-10-16(15(2)12-14)13-21-22-20(24)17-6-3-4-7-18(17)23-28(25,26)19-8-5-11-27-19/h3-13,23H,1-2H3,(H,22,24). The van der Waals surface area contributed by atoms with Gasteiger partial charge in [-0.15, -0.1) is 11.3 Å². The molecule has 2 aromatic carbocycles. The summed E-state index contributed by atoms with van der Waals surface area (Å²) < 4.78 is 27.5. The van der Waals surface area contributed by atoms with Crippen LogP contribution in [0.15, 0.2) is 69.3 Å². The van der Waals surface area contributed by atoms with E-state index in [1.807, 2.05) is 32.0 Å². The molecule has 8 heteroatoms. The summed E-state index contributed by atoms with van der Waals surface area (Å²) in [6.07, 6.45) is 1.56. The molecule has 0 saturated heterocycles. The van der Waals surface area contributed by atoms with Crippen LogP contribution in [0.3, 0.4) is 0 Å². The zero-order valence-electron chi connectivity index (χ0n) is 15.3. The molecular weight excluding hydrogens is 394 g/mol. The topological polar surface area (TPSA) is 87.6 Å². The quantitative estimate of drug-likeness (QED) is 0.474. The number of hydrazone groups is 1. The van der Waals surface area contributed by atoms with E-state index in [9.17, 15) is 13.2 Å². The second-order valence-corrected chi connectivity index (χ2v) is 9.00. The van der Waals surface area contributed by atoms with Crippen molar-refractivity contribution in [2.75, 3.05) is 4.72 Å². The lowest BCUT2D eigenvalue weighted by Crippen LogP contribution is -2.21. The highest BCUT2D eigenvalue weighted by atomic mass is 32.2. The van der Waals surface area contributed by atoms with Crippen LogP contribution in [-0.2, 0) is 10.0 Å². The van der Waals surface area contributed by atoms with E-state index in [4.69, 9.17) is 0 Å². The lowest BCUT2D eigenvalue weighted by atomic mass is 10.1. The average Bonchev–Trinajstić information content (AvgIpc) is 3.19. The van der Waals surface area contributed by atoms with Gasteiger partial charge in [-0.1, -0.05) is 42.0 Å². The highest BCUT2D eigenvalue weighted by molar-refractivity contribution is 7.94. The number of nitrogens with zero attached hydrogens (tertiary/aromatic N) is 1. The van der Waals surface area contributed by atoms with E-state index in [1.54, 1.807) is 29.8 Å². The van der Waals surface area contributed by atoms with Gasteiger partial charge in [0, 0.05) is 0 Å². The highest BCUT2D eigenvalue weighted by Gasteiger charge is 2.19. The van der Waals surface area contributed by atoms with Crippen molar-refractivity contribution in [3.8, 4) is 0 Å². The van der Waals surface area contributed by atoms with Crippen molar-refractivity contribution in [2.24, 2.45) is 5.10 Å². The van der Waals surface area contributed by atoms with Gasteiger partial charge in [0.05, 0.1) is 17.5 Å². The van der Waals surface area contributed by atoms with Gasteiger partial charge in [-0.3, -0.25) is 9.52 Å². The van der Waals surface area contributed by atoms with Crippen molar-refractivity contribution >= 4 is 39.2 Å². The fraction of sp³-hybridized carbons (Fsp3) is 0.100. The average molecular weight is 414 g/mol. The molecule has 0 spiro atoms. The molecule has 0 atom stereocenters. The molecule has 0 aliphatic heterocycles. The van der Waals surface area contributed by atoms with Crippen LogP contribution in [0.25, 0.3) is 0 Å². The van der Waals surface area contributed by atoms with E-state index in [-0.39, 0.29) is 15.5 Å².